The SMILES string of the molecule is COc1ccc2c3c(c(=O)oc2c1)C(C)C(C)(CCC=C(C)Cc1cc(C)co1)O3. The topological polar surface area (TPSA) is 61.8 Å². The average Bonchev–Trinajstić information content (AvgIpc) is 3.22. The van der Waals surface area contributed by atoms with E-state index in [2.05, 4.69) is 26.0 Å². The molecule has 4 rings (SSSR count). The van der Waals surface area contributed by atoms with E-state index in [1.165, 1.54) is 5.57 Å². The summed E-state index contributed by atoms with van der Waals surface area (Å²) in [6.07, 6.45) is 6.47. The minimum Gasteiger partial charge on any atom is -0.497 e. The van der Waals surface area contributed by atoms with Gasteiger partial charge < -0.3 is 18.3 Å². The van der Waals surface area contributed by atoms with Gasteiger partial charge in [-0.05, 0) is 57.4 Å². The molecule has 2 unspecified atom stereocenters. The summed E-state index contributed by atoms with van der Waals surface area (Å²) >= 11 is 0. The standard InChI is InChI=1S/C25H28O5/c1-15(11-19-12-16(2)14-28-19)7-6-10-25(4)17(3)22-23(30-25)20-9-8-18(27-5)13-21(20)29-24(22)26/h7-9,12-14,17H,6,10-11H2,1-5H3. The van der Waals surface area contributed by atoms with Crippen LogP contribution in [0.5, 0.6) is 11.5 Å². The van der Waals surface area contributed by atoms with Gasteiger partial charge in [0.2, 0.25) is 0 Å². The molecule has 30 heavy (non-hydrogen) atoms. The maximum Gasteiger partial charge on any atom is 0.343 e. The van der Waals surface area contributed by atoms with Gasteiger partial charge in [0.25, 0.3) is 0 Å². The van der Waals surface area contributed by atoms with E-state index in [1.807, 2.05) is 26.0 Å². The fourth-order valence-corrected chi connectivity index (χ4v) is 4.21. The molecule has 158 valence electrons. The van der Waals surface area contributed by atoms with Crippen molar-refractivity contribution in [1.82, 2.24) is 0 Å². The number of allylic oxidation sites excluding steroid dienone is 2. The third-order valence-corrected chi connectivity index (χ3v) is 6.16. The molecular weight excluding hydrogens is 380 g/mol. The molecule has 0 spiro atoms. The first-order chi connectivity index (χ1) is 14.3. The molecule has 3 aromatic rings. The number of methoxy groups -OCH3 is 1. The number of benzene rings is 1. The van der Waals surface area contributed by atoms with Crippen molar-refractivity contribution in [3.63, 3.8) is 0 Å². The maximum atomic E-state index is 12.7. The number of ether oxygens (including phenoxy) is 2. The Bertz CT molecular complexity index is 1170. The molecule has 0 N–H and O–H groups in total. The largest absolute Gasteiger partial charge is 0.497 e. The summed E-state index contributed by atoms with van der Waals surface area (Å²) in [5, 5.41) is 0.806. The van der Waals surface area contributed by atoms with Gasteiger partial charge in [0.15, 0.2) is 0 Å². The van der Waals surface area contributed by atoms with Crippen LogP contribution in [0.2, 0.25) is 0 Å². The second-order valence-electron chi connectivity index (χ2n) is 8.49. The number of hydrogen-bond acceptors (Lipinski definition) is 5. The van der Waals surface area contributed by atoms with Crippen molar-refractivity contribution in [3.8, 4) is 11.5 Å². The van der Waals surface area contributed by atoms with Crippen LogP contribution < -0.4 is 15.1 Å². The van der Waals surface area contributed by atoms with Crippen molar-refractivity contribution in [2.75, 3.05) is 7.11 Å². The molecule has 0 fully saturated rings. The zero-order valence-corrected chi connectivity index (χ0v) is 18.2. The van der Waals surface area contributed by atoms with Crippen LogP contribution in [-0.2, 0) is 6.42 Å². The monoisotopic (exact) mass is 408 g/mol. The Labute approximate surface area is 176 Å². The van der Waals surface area contributed by atoms with E-state index in [9.17, 15) is 4.79 Å². The Morgan fingerprint density at radius 2 is 2.10 bits per heavy atom. The predicted molar refractivity (Wildman–Crippen MR) is 117 cm³/mol. The lowest BCUT2D eigenvalue weighted by Gasteiger charge is -2.28. The second-order valence-corrected chi connectivity index (χ2v) is 8.49. The summed E-state index contributed by atoms with van der Waals surface area (Å²) < 4.78 is 22.8. The molecule has 0 aliphatic carbocycles. The highest BCUT2D eigenvalue weighted by Crippen LogP contribution is 2.48. The summed E-state index contributed by atoms with van der Waals surface area (Å²) in [5.74, 6) is 2.21. The van der Waals surface area contributed by atoms with Crippen molar-refractivity contribution >= 4 is 11.0 Å². The van der Waals surface area contributed by atoms with E-state index >= 15 is 0 Å². The van der Waals surface area contributed by atoms with E-state index in [0.29, 0.717) is 22.6 Å². The Morgan fingerprint density at radius 3 is 2.80 bits per heavy atom. The number of aryl methyl sites for hydroxylation is 1. The van der Waals surface area contributed by atoms with E-state index < -0.39 is 5.60 Å². The maximum absolute atomic E-state index is 12.7. The first kappa shape index (κ1) is 20.3. The molecule has 0 saturated heterocycles. The van der Waals surface area contributed by atoms with Crippen molar-refractivity contribution in [1.29, 1.82) is 0 Å². The third kappa shape index (κ3) is 3.64. The third-order valence-electron chi connectivity index (χ3n) is 6.16. The van der Waals surface area contributed by atoms with Gasteiger partial charge in [-0.25, -0.2) is 4.79 Å². The number of furan rings is 1. The predicted octanol–water partition coefficient (Wildman–Crippen LogP) is 5.93. The van der Waals surface area contributed by atoms with Gasteiger partial charge in [0.05, 0.1) is 24.3 Å². The number of fused-ring (bicyclic) bond motifs is 3. The fourth-order valence-electron chi connectivity index (χ4n) is 4.21. The van der Waals surface area contributed by atoms with Crippen molar-refractivity contribution in [2.24, 2.45) is 0 Å². The minimum absolute atomic E-state index is 0.0586. The van der Waals surface area contributed by atoms with Crippen LogP contribution in [0.3, 0.4) is 0 Å². The molecule has 5 heteroatoms. The smallest absolute Gasteiger partial charge is 0.343 e. The van der Waals surface area contributed by atoms with Gasteiger partial charge in [-0.1, -0.05) is 18.6 Å². The van der Waals surface area contributed by atoms with Gasteiger partial charge in [-0.15, -0.1) is 0 Å². The van der Waals surface area contributed by atoms with Crippen molar-refractivity contribution < 1.29 is 18.3 Å². The molecule has 0 radical (unpaired) electrons. The van der Waals surface area contributed by atoms with E-state index in [0.717, 1.165) is 36.0 Å². The van der Waals surface area contributed by atoms with Crippen LogP contribution in [-0.4, -0.2) is 12.7 Å². The van der Waals surface area contributed by atoms with Gasteiger partial charge in [0.1, 0.15) is 28.4 Å². The number of rotatable bonds is 6. The summed E-state index contributed by atoms with van der Waals surface area (Å²) in [7, 11) is 1.59. The lowest BCUT2D eigenvalue weighted by atomic mass is 9.84. The van der Waals surface area contributed by atoms with Crippen LogP contribution in [0.25, 0.3) is 11.0 Å². The Kier molecular flexibility index (Phi) is 5.22. The molecule has 0 saturated carbocycles. The molecule has 0 bridgehead atoms. The van der Waals surface area contributed by atoms with E-state index in [1.54, 1.807) is 19.4 Å². The van der Waals surface area contributed by atoms with Crippen LogP contribution in [0, 0.1) is 6.92 Å². The molecule has 1 aliphatic rings. The van der Waals surface area contributed by atoms with Gasteiger partial charge in [0, 0.05) is 18.4 Å². The van der Waals surface area contributed by atoms with Crippen LogP contribution in [0.4, 0.5) is 0 Å². The Balaban J connectivity index is 1.54. The molecule has 2 atom stereocenters. The second kappa shape index (κ2) is 7.71. The molecule has 3 heterocycles. The molecule has 1 aliphatic heterocycles. The summed E-state index contributed by atoms with van der Waals surface area (Å²) in [6, 6.07) is 7.54. The van der Waals surface area contributed by atoms with Crippen LogP contribution >= 0.6 is 0 Å². The lowest BCUT2D eigenvalue weighted by molar-refractivity contribution is 0.0862. The van der Waals surface area contributed by atoms with Crippen molar-refractivity contribution in [2.45, 2.75) is 58.5 Å². The van der Waals surface area contributed by atoms with Gasteiger partial charge in [-0.3, -0.25) is 0 Å². The fraction of sp³-hybridized carbons (Fsp3) is 0.400. The molecular formula is C25H28O5. The van der Waals surface area contributed by atoms with Crippen LogP contribution in [0.1, 0.15) is 56.4 Å². The lowest BCUT2D eigenvalue weighted by Crippen LogP contribution is -2.33. The zero-order valence-electron chi connectivity index (χ0n) is 18.2. The highest BCUT2D eigenvalue weighted by atomic mass is 16.5. The zero-order chi connectivity index (χ0) is 21.5. The van der Waals surface area contributed by atoms with E-state index in [4.69, 9.17) is 18.3 Å². The molecule has 5 nitrogen and oxygen atoms in total. The molecule has 0 amide bonds. The Morgan fingerprint density at radius 1 is 1.30 bits per heavy atom. The first-order valence-electron chi connectivity index (χ1n) is 10.3. The minimum atomic E-state index is -0.469. The molecule has 1 aromatic carbocycles. The number of hydrogen-bond donors (Lipinski definition) is 0. The van der Waals surface area contributed by atoms with Gasteiger partial charge in [-0.2, -0.15) is 0 Å². The van der Waals surface area contributed by atoms with Gasteiger partial charge >= 0.3 is 5.63 Å². The molecule has 2 aromatic heterocycles. The summed E-state index contributed by atoms with van der Waals surface area (Å²) in [4.78, 5) is 12.7. The Hall–Kier alpha value is -2.95. The average molecular weight is 408 g/mol. The highest BCUT2D eigenvalue weighted by molar-refractivity contribution is 5.86. The van der Waals surface area contributed by atoms with E-state index in [-0.39, 0.29) is 11.5 Å². The highest BCUT2D eigenvalue weighted by Gasteiger charge is 2.44. The summed E-state index contributed by atoms with van der Waals surface area (Å²) in [5.41, 5.74) is 2.71. The normalized spacial score (nSPS) is 21.0. The first-order valence-corrected chi connectivity index (χ1v) is 10.3. The van der Waals surface area contributed by atoms with Crippen molar-refractivity contribution in [3.05, 3.63) is 69.5 Å². The quantitative estimate of drug-likeness (QED) is 0.374. The summed E-state index contributed by atoms with van der Waals surface area (Å²) in [6.45, 7) is 8.26. The van der Waals surface area contributed by atoms with Crippen LogP contribution in [0.15, 0.2) is 55.8 Å².